The molecule has 0 aromatic rings. The van der Waals surface area contributed by atoms with Crippen LogP contribution in [0.4, 0.5) is 13.2 Å². The van der Waals surface area contributed by atoms with E-state index in [0.717, 1.165) is 11.6 Å². The van der Waals surface area contributed by atoms with Gasteiger partial charge in [-0.15, -0.1) is 0 Å². The van der Waals surface area contributed by atoms with Crippen molar-refractivity contribution < 1.29 is 22.2 Å². The third-order valence-electron chi connectivity index (χ3n) is 2.41. The number of hydrogen-bond acceptors (Lipinski definition) is 2. The Morgan fingerprint density at radius 3 is 2.41 bits per heavy atom. The van der Waals surface area contributed by atoms with Gasteiger partial charge in [-0.1, -0.05) is 17.7 Å². The predicted molar refractivity (Wildman–Crippen MR) is 61.9 cm³/mol. The summed E-state index contributed by atoms with van der Waals surface area (Å²) in [7, 11) is 0.555. The van der Waals surface area contributed by atoms with Crippen LogP contribution in [0.1, 0.15) is 19.8 Å². The molecule has 0 saturated heterocycles. The van der Waals surface area contributed by atoms with Gasteiger partial charge in [0.1, 0.15) is 0 Å². The van der Waals surface area contributed by atoms with Crippen molar-refractivity contribution >= 4 is 8.38 Å². The zero-order valence-electron chi connectivity index (χ0n) is 9.88. The molecule has 1 aliphatic carbocycles. The molecule has 0 spiro atoms. The maximum absolute atomic E-state index is 12.4. The van der Waals surface area contributed by atoms with Crippen molar-refractivity contribution in [2.75, 3.05) is 19.9 Å². The van der Waals surface area contributed by atoms with E-state index in [-0.39, 0.29) is 6.42 Å². The Hall–Kier alpha value is -0.380. The molecule has 0 N–H and O–H groups in total. The van der Waals surface area contributed by atoms with Gasteiger partial charge in [0, 0.05) is 18.8 Å². The molecule has 2 nitrogen and oxygen atoms in total. The SMILES string of the molecule is CCOP(CC1=CC=C(C(F)(F)F)CC1)OC. The zero-order valence-corrected chi connectivity index (χ0v) is 10.8. The molecule has 1 atom stereocenters. The van der Waals surface area contributed by atoms with Gasteiger partial charge in [-0.05, 0) is 19.8 Å². The quantitative estimate of drug-likeness (QED) is 0.696. The first-order valence-corrected chi connectivity index (χ1v) is 6.74. The fourth-order valence-corrected chi connectivity index (χ4v) is 2.73. The monoisotopic (exact) mass is 268 g/mol. The first-order valence-electron chi connectivity index (χ1n) is 5.37. The van der Waals surface area contributed by atoms with Gasteiger partial charge in [-0.2, -0.15) is 13.2 Å². The van der Waals surface area contributed by atoms with E-state index in [0.29, 0.717) is 19.2 Å². The molecule has 0 fully saturated rings. The van der Waals surface area contributed by atoms with Gasteiger partial charge < -0.3 is 9.05 Å². The summed E-state index contributed by atoms with van der Waals surface area (Å²) in [5.74, 6) is 0. The van der Waals surface area contributed by atoms with E-state index >= 15 is 0 Å². The smallest absolute Gasteiger partial charge is 0.337 e. The lowest BCUT2D eigenvalue weighted by atomic mass is 9.99. The summed E-state index contributed by atoms with van der Waals surface area (Å²) < 4.78 is 47.6. The summed E-state index contributed by atoms with van der Waals surface area (Å²) >= 11 is 0. The summed E-state index contributed by atoms with van der Waals surface area (Å²) in [6.45, 7) is 2.42. The standard InChI is InChI=1S/C11H16F3O2P/c1-3-16-17(15-2)8-9-4-6-10(7-5-9)11(12,13)14/h4,6H,3,5,7-8H2,1-2H3. The fourth-order valence-electron chi connectivity index (χ4n) is 1.52. The zero-order chi connectivity index (χ0) is 12.9. The van der Waals surface area contributed by atoms with Crippen molar-refractivity contribution in [2.45, 2.75) is 25.9 Å². The van der Waals surface area contributed by atoms with Crippen LogP contribution in [0.15, 0.2) is 23.3 Å². The molecule has 6 heteroatoms. The summed E-state index contributed by atoms with van der Waals surface area (Å²) in [6.07, 6.45) is -0.433. The molecule has 1 aliphatic rings. The van der Waals surface area contributed by atoms with E-state index in [2.05, 4.69) is 0 Å². The number of halogens is 3. The first-order chi connectivity index (χ1) is 7.97. The van der Waals surface area contributed by atoms with Gasteiger partial charge in [0.2, 0.25) is 0 Å². The lowest BCUT2D eigenvalue weighted by Gasteiger charge is -2.20. The molecule has 0 aromatic heterocycles. The van der Waals surface area contributed by atoms with Gasteiger partial charge in [-0.3, -0.25) is 0 Å². The highest BCUT2D eigenvalue weighted by atomic mass is 31.2. The molecule has 0 saturated carbocycles. The molecule has 1 unspecified atom stereocenters. The van der Waals surface area contributed by atoms with E-state index in [9.17, 15) is 13.2 Å². The molecule has 0 heterocycles. The topological polar surface area (TPSA) is 18.5 Å². The Kier molecular flexibility index (Phi) is 5.63. The largest absolute Gasteiger partial charge is 0.412 e. The molecule has 0 aromatic carbocycles. The summed E-state index contributed by atoms with van der Waals surface area (Å²) in [6, 6.07) is 0. The number of allylic oxidation sites excluding steroid dienone is 4. The second-order valence-electron chi connectivity index (χ2n) is 3.61. The van der Waals surface area contributed by atoms with Crippen LogP contribution in [0.3, 0.4) is 0 Å². The van der Waals surface area contributed by atoms with Crippen molar-refractivity contribution in [1.82, 2.24) is 0 Å². The van der Waals surface area contributed by atoms with Crippen molar-refractivity contribution in [1.29, 1.82) is 0 Å². The Morgan fingerprint density at radius 2 is 2.00 bits per heavy atom. The van der Waals surface area contributed by atoms with Crippen LogP contribution in [0.5, 0.6) is 0 Å². The summed E-state index contributed by atoms with van der Waals surface area (Å²) in [5, 5.41) is 0. The maximum atomic E-state index is 12.4. The van der Waals surface area contributed by atoms with E-state index < -0.39 is 20.1 Å². The minimum absolute atomic E-state index is 0.0499. The molecular formula is C11H16F3O2P. The molecular weight excluding hydrogens is 252 g/mol. The van der Waals surface area contributed by atoms with Gasteiger partial charge >= 0.3 is 6.18 Å². The highest BCUT2D eigenvalue weighted by Crippen LogP contribution is 2.42. The van der Waals surface area contributed by atoms with Gasteiger partial charge in [-0.25, -0.2) is 0 Å². The average Bonchev–Trinajstić information content (AvgIpc) is 2.28. The van der Waals surface area contributed by atoms with E-state index in [4.69, 9.17) is 9.05 Å². The highest BCUT2D eigenvalue weighted by molar-refractivity contribution is 7.47. The van der Waals surface area contributed by atoms with Crippen LogP contribution >= 0.6 is 8.38 Å². The number of rotatable bonds is 5. The molecule has 1 rings (SSSR count). The minimum atomic E-state index is -4.20. The second kappa shape index (κ2) is 6.53. The van der Waals surface area contributed by atoms with Crippen LogP contribution in [0.25, 0.3) is 0 Å². The highest BCUT2D eigenvalue weighted by Gasteiger charge is 2.33. The second-order valence-corrected chi connectivity index (χ2v) is 5.21. The molecule has 0 radical (unpaired) electrons. The Morgan fingerprint density at radius 1 is 1.29 bits per heavy atom. The summed E-state index contributed by atoms with van der Waals surface area (Å²) in [5.41, 5.74) is 0.499. The van der Waals surface area contributed by atoms with Crippen LogP contribution in [-0.4, -0.2) is 26.1 Å². The maximum Gasteiger partial charge on any atom is 0.412 e. The van der Waals surface area contributed by atoms with Crippen molar-refractivity contribution in [3.8, 4) is 0 Å². The molecule has 0 aliphatic heterocycles. The molecule has 17 heavy (non-hydrogen) atoms. The number of alkyl halides is 3. The Labute approximate surface area is 100 Å². The van der Waals surface area contributed by atoms with E-state index in [1.54, 1.807) is 13.2 Å². The first kappa shape index (κ1) is 14.7. The Bertz CT molecular complexity index is 310. The van der Waals surface area contributed by atoms with Crippen LogP contribution in [0.2, 0.25) is 0 Å². The number of hydrogen-bond donors (Lipinski definition) is 0. The van der Waals surface area contributed by atoms with E-state index in [1.165, 1.54) is 0 Å². The van der Waals surface area contributed by atoms with Gasteiger partial charge in [0.25, 0.3) is 0 Å². The fraction of sp³-hybridized carbons (Fsp3) is 0.636. The van der Waals surface area contributed by atoms with Crippen molar-refractivity contribution in [2.24, 2.45) is 0 Å². The van der Waals surface area contributed by atoms with Gasteiger partial charge in [0.05, 0.1) is 6.61 Å². The van der Waals surface area contributed by atoms with Crippen LogP contribution in [0, 0.1) is 0 Å². The lowest BCUT2D eigenvalue weighted by Crippen LogP contribution is -2.14. The molecule has 0 bridgehead atoms. The third-order valence-corrected chi connectivity index (χ3v) is 4.03. The molecule has 0 amide bonds. The van der Waals surface area contributed by atoms with Crippen molar-refractivity contribution in [3.63, 3.8) is 0 Å². The Balaban J connectivity index is 2.58. The summed E-state index contributed by atoms with van der Waals surface area (Å²) in [4.78, 5) is 0. The predicted octanol–water partition coefficient (Wildman–Crippen LogP) is 4.19. The van der Waals surface area contributed by atoms with Crippen molar-refractivity contribution in [3.05, 3.63) is 23.3 Å². The van der Waals surface area contributed by atoms with Gasteiger partial charge in [0.15, 0.2) is 8.38 Å². The molecule has 98 valence electrons. The minimum Gasteiger partial charge on any atom is -0.337 e. The average molecular weight is 268 g/mol. The van der Waals surface area contributed by atoms with Crippen LogP contribution in [-0.2, 0) is 9.05 Å². The normalized spacial score (nSPS) is 18.6. The third kappa shape index (κ3) is 4.78. The van der Waals surface area contributed by atoms with E-state index in [1.807, 2.05) is 6.92 Å². The lowest BCUT2D eigenvalue weighted by molar-refractivity contribution is -0.0941. The van der Waals surface area contributed by atoms with Crippen LogP contribution < -0.4 is 0 Å².